The van der Waals surface area contributed by atoms with Gasteiger partial charge in [0, 0.05) is 12.6 Å². The molecule has 20 heavy (non-hydrogen) atoms. The van der Waals surface area contributed by atoms with E-state index in [2.05, 4.69) is 5.32 Å². The third-order valence-electron chi connectivity index (χ3n) is 2.79. The molecule has 0 saturated heterocycles. The van der Waals surface area contributed by atoms with Crippen molar-refractivity contribution in [2.45, 2.75) is 25.8 Å². The first-order valence-electron chi connectivity index (χ1n) is 6.17. The Morgan fingerprint density at radius 1 is 1.35 bits per heavy atom. The minimum absolute atomic E-state index is 0.154. The maximum Gasteiger partial charge on any atom is 0.322 e. The van der Waals surface area contributed by atoms with Crippen LogP contribution in [0.3, 0.4) is 0 Å². The molecule has 0 fully saturated rings. The van der Waals surface area contributed by atoms with Crippen molar-refractivity contribution in [3.63, 3.8) is 0 Å². The number of rotatable bonds is 5. The number of nitrogens with one attached hydrogen (secondary N) is 1. The third kappa shape index (κ3) is 4.15. The molecule has 0 saturated carbocycles. The van der Waals surface area contributed by atoms with Crippen molar-refractivity contribution in [3.8, 4) is 5.75 Å². The van der Waals surface area contributed by atoms with Gasteiger partial charge in [-0.05, 0) is 26.0 Å². The van der Waals surface area contributed by atoms with Crippen molar-refractivity contribution < 1.29 is 19.4 Å². The van der Waals surface area contributed by atoms with Gasteiger partial charge in [-0.15, -0.1) is 0 Å². The van der Waals surface area contributed by atoms with Gasteiger partial charge in [-0.1, -0.05) is 12.1 Å². The van der Waals surface area contributed by atoms with Crippen LogP contribution in [0, 0.1) is 0 Å². The van der Waals surface area contributed by atoms with E-state index in [1.54, 1.807) is 39.1 Å². The van der Waals surface area contributed by atoms with E-state index in [1.165, 1.54) is 12.0 Å². The number of carbonyl (C=O) groups excluding carboxylic acids is 1. The van der Waals surface area contributed by atoms with Gasteiger partial charge in [0.25, 0.3) is 0 Å². The molecule has 0 aliphatic heterocycles. The quantitative estimate of drug-likeness (QED) is 0.865. The van der Waals surface area contributed by atoms with Crippen LogP contribution < -0.4 is 15.0 Å². The van der Waals surface area contributed by atoms with Gasteiger partial charge in [0.2, 0.25) is 0 Å². The lowest BCUT2D eigenvalue weighted by molar-refractivity contribution is -0.138. The number of ether oxygens (including phenoxy) is 1. The number of amides is 2. The van der Waals surface area contributed by atoms with E-state index in [1.807, 2.05) is 6.07 Å². The summed E-state index contributed by atoms with van der Waals surface area (Å²) in [4.78, 5) is 24.3. The fraction of sp³-hybridized carbons (Fsp3) is 0.429. The predicted octanol–water partition coefficient (Wildman–Crippen LogP) is 2.09. The molecular weight excluding hydrogens is 260 g/mol. The van der Waals surface area contributed by atoms with Crippen LogP contribution in [0.5, 0.6) is 5.75 Å². The summed E-state index contributed by atoms with van der Waals surface area (Å²) in [6.07, 6.45) is -0.154. The third-order valence-corrected chi connectivity index (χ3v) is 2.79. The van der Waals surface area contributed by atoms with E-state index in [4.69, 9.17) is 9.84 Å². The number of benzene rings is 1. The second kappa shape index (κ2) is 6.27. The van der Waals surface area contributed by atoms with Crippen molar-refractivity contribution in [2.24, 2.45) is 0 Å². The zero-order valence-electron chi connectivity index (χ0n) is 12.1. The number of methoxy groups -OCH3 is 1. The molecule has 0 heterocycles. The van der Waals surface area contributed by atoms with Gasteiger partial charge in [-0.25, -0.2) is 4.79 Å². The van der Waals surface area contributed by atoms with Crippen molar-refractivity contribution in [2.75, 3.05) is 19.1 Å². The summed E-state index contributed by atoms with van der Waals surface area (Å²) < 4.78 is 5.20. The highest BCUT2D eigenvalue weighted by Crippen LogP contribution is 2.26. The monoisotopic (exact) mass is 280 g/mol. The summed E-state index contributed by atoms with van der Waals surface area (Å²) in [7, 11) is 3.13. The summed E-state index contributed by atoms with van der Waals surface area (Å²) in [5, 5.41) is 11.5. The lowest BCUT2D eigenvalue weighted by Crippen LogP contribution is -2.50. The molecule has 2 N–H and O–H groups in total. The van der Waals surface area contributed by atoms with E-state index in [0.717, 1.165) is 0 Å². The molecule has 1 rings (SSSR count). The van der Waals surface area contributed by atoms with Gasteiger partial charge in [0.15, 0.2) is 0 Å². The summed E-state index contributed by atoms with van der Waals surface area (Å²) in [5.74, 6) is -0.392. The Balaban J connectivity index is 2.84. The second-order valence-electron chi connectivity index (χ2n) is 5.12. The van der Waals surface area contributed by atoms with Crippen molar-refractivity contribution in [3.05, 3.63) is 24.3 Å². The summed E-state index contributed by atoms with van der Waals surface area (Å²) in [5.41, 5.74) is -0.224. The van der Waals surface area contributed by atoms with Gasteiger partial charge < -0.3 is 15.2 Å². The maximum absolute atomic E-state index is 12.2. The van der Waals surface area contributed by atoms with Gasteiger partial charge in [0.1, 0.15) is 5.75 Å². The van der Waals surface area contributed by atoms with Crippen LogP contribution in [0.4, 0.5) is 10.5 Å². The number of para-hydroxylation sites is 2. The number of nitrogens with zero attached hydrogens (tertiary/aromatic N) is 1. The molecule has 0 radical (unpaired) electrons. The van der Waals surface area contributed by atoms with Crippen LogP contribution in [-0.4, -0.2) is 36.8 Å². The van der Waals surface area contributed by atoms with Crippen LogP contribution >= 0.6 is 0 Å². The summed E-state index contributed by atoms with van der Waals surface area (Å²) in [6, 6.07) is 6.72. The number of hydrogen-bond acceptors (Lipinski definition) is 3. The van der Waals surface area contributed by atoms with Gasteiger partial charge in [0.05, 0.1) is 19.2 Å². The SMILES string of the molecule is COc1ccccc1N(C)C(=O)NC(C)(C)CC(=O)O. The predicted molar refractivity (Wildman–Crippen MR) is 76.3 cm³/mol. The maximum atomic E-state index is 12.2. The highest BCUT2D eigenvalue weighted by atomic mass is 16.5. The van der Waals surface area contributed by atoms with E-state index in [0.29, 0.717) is 11.4 Å². The van der Waals surface area contributed by atoms with Gasteiger partial charge >= 0.3 is 12.0 Å². The lowest BCUT2D eigenvalue weighted by atomic mass is 10.0. The average Bonchev–Trinajstić information content (AvgIpc) is 2.35. The summed E-state index contributed by atoms with van der Waals surface area (Å²) in [6.45, 7) is 3.32. The Labute approximate surface area is 118 Å². The normalized spacial score (nSPS) is 10.8. The Bertz CT molecular complexity index is 500. The molecule has 0 aliphatic rings. The largest absolute Gasteiger partial charge is 0.495 e. The first kappa shape index (κ1) is 15.8. The molecule has 0 unspecified atom stereocenters. The molecule has 0 atom stereocenters. The zero-order chi connectivity index (χ0) is 15.3. The molecule has 0 aliphatic carbocycles. The van der Waals surface area contributed by atoms with Crippen molar-refractivity contribution in [1.29, 1.82) is 0 Å². The van der Waals surface area contributed by atoms with E-state index in [9.17, 15) is 9.59 Å². The number of urea groups is 1. The Kier molecular flexibility index (Phi) is 4.96. The van der Waals surface area contributed by atoms with Crippen LogP contribution in [0.1, 0.15) is 20.3 Å². The molecule has 6 heteroatoms. The van der Waals surface area contributed by atoms with Crippen molar-refractivity contribution >= 4 is 17.7 Å². The van der Waals surface area contributed by atoms with E-state index < -0.39 is 11.5 Å². The second-order valence-corrected chi connectivity index (χ2v) is 5.12. The Hall–Kier alpha value is -2.24. The van der Waals surface area contributed by atoms with Crippen LogP contribution in [0.2, 0.25) is 0 Å². The highest BCUT2D eigenvalue weighted by Gasteiger charge is 2.26. The number of carbonyl (C=O) groups is 2. The van der Waals surface area contributed by atoms with Crippen LogP contribution in [0.15, 0.2) is 24.3 Å². The first-order chi connectivity index (χ1) is 9.26. The zero-order valence-corrected chi connectivity index (χ0v) is 12.1. The molecule has 0 aromatic heterocycles. The number of anilines is 1. The standard InChI is InChI=1S/C14H20N2O4/c1-14(2,9-12(17)18)15-13(19)16(3)10-7-5-6-8-11(10)20-4/h5-8H,9H2,1-4H3,(H,15,19)(H,17,18). The van der Waals surface area contributed by atoms with Crippen LogP contribution in [-0.2, 0) is 4.79 Å². The molecule has 1 aromatic carbocycles. The lowest BCUT2D eigenvalue weighted by Gasteiger charge is -2.28. The number of carboxylic acids is 1. The van der Waals surface area contributed by atoms with E-state index >= 15 is 0 Å². The smallest absolute Gasteiger partial charge is 0.322 e. The molecular formula is C14H20N2O4. The fourth-order valence-electron chi connectivity index (χ4n) is 1.81. The molecule has 0 spiro atoms. The molecule has 2 amide bonds. The Morgan fingerprint density at radius 2 is 1.95 bits per heavy atom. The molecule has 6 nitrogen and oxygen atoms in total. The average molecular weight is 280 g/mol. The van der Waals surface area contributed by atoms with E-state index in [-0.39, 0.29) is 12.5 Å². The number of carboxylic acid groups (broad SMARTS) is 1. The summed E-state index contributed by atoms with van der Waals surface area (Å²) >= 11 is 0. The topological polar surface area (TPSA) is 78.9 Å². The number of hydrogen-bond donors (Lipinski definition) is 2. The molecule has 0 bridgehead atoms. The molecule has 1 aromatic rings. The minimum atomic E-state index is -0.963. The van der Waals surface area contributed by atoms with Gasteiger partial charge in [-0.2, -0.15) is 0 Å². The van der Waals surface area contributed by atoms with Gasteiger partial charge in [-0.3, -0.25) is 9.69 Å². The van der Waals surface area contributed by atoms with Crippen molar-refractivity contribution in [1.82, 2.24) is 5.32 Å². The minimum Gasteiger partial charge on any atom is -0.495 e. The fourth-order valence-corrected chi connectivity index (χ4v) is 1.81. The molecule has 110 valence electrons. The number of aliphatic carboxylic acids is 1. The highest BCUT2D eigenvalue weighted by molar-refractivity contribution is 5.93. The Morgan fingerprint density at radius 3 is 2.50 bits per heavy atom. The first-order valence-corrected chi connectivity index (χ1v) is 6.17. The van der Waals surface area contributed by atoms with Crippen LogP contribution in [0.25, 0.3) is 0 Å².